The van der Waals surface area contributed by atoms with Crippen molar-refractivity contribution >= 4 is 30.0 Å². The molecule has 2 heterocycles. The average molecular weight is 408 g/mol. The van der Waals surface area contributed by atoms with Gasteiger partial charge in [0.05, 0.1) is 12.6 Å². The van der Waals surface area contributed by atoms with E-state index < -0.39 is 24.0 Å². The van der Waals surface area contributed by atoms with Gasteiger partial charge in [0.1, 0.15) is 12.1 Å². The Morgan fingerprint density at radius 2 is 1.86 bits per heavy atom. The predicted octanol–water partition coefficient (Wildman–Crippen LogP) is -2.22. The van der Waals surface area contributed by atoms with Crippen LogP contribution < -0.4 is 22.1 Å². The van der Waals surface area contributed by atoms with Gasteiger partial charge in [-0.3, -0.25) is 24.6 Å². The van der Waals surface area contributed by atoms with Crippen LogP contribution in [0.15, 0.2) is 0 Å². The van der Waals surface area contributed by atoms with E-state index in [0.29, 0.717) is 58.2 Å². The number of rotatable bonds is 9. The fourth-order valence-electron chi connectivity index (χ4n) is 3.86. The van der Waals surface area contributed by atoms with Crippen molar-refractivity contribution < 1.29 is 19.2 Å². The minimum atomic E-state index is -0.833. The lowest BCUT2D eigenvalue weighted by molar-refractivity contribution is -0.140. The molecular weight excluding hydrogens is 378 g/mol. The molecule has 0 aliphatic carbocycles. The number of amides is 3. The van der Waals surface area contributed by atoms with Crippen molar-refractivity contribution in [2.24, 2.45) is 11.5 Å². The summed E-state index contributed by atoms with van der Waals surface area (Å²) in [5.41, 5.74) is 10.7. The number of nitrogens with zero attached hydrogens (tertiary/aromatic N) is 2. The fraction of sp³-hybridized carbons (Fsp3) is 0.722. The zero-order valence-corrected chi connectivity index (χ0v) is 16.5. The van der Waals surface area contributed by atoms with Gasteiger partial charge in [0, 0.05) is 19.6 Å². The van der Waals surface area contributed by atoms with Gasteiger partial charge in [0.15, 0.2) is 5.96 Å². The van der Waals surface area contributed by atoms with Crippen molar-refractivity contribution in [2.45, 2.75) is 56.7 Å². The normalized spacial score (nSPS) is 22.2. The highest BCUT2D eigenvalue weighted by molar-refractivity contribution is 5.93. The maximum atomic E-state index is 13.0. The molecule has 0 aromatic rings. The van der Waals surface area contributed by atoms with E-state index in [4.69, 9.17) is 16.9 Å². The highest BCUT2D eigenvalue weighted by Crippen LogP contribution is 2.20. The second-order valence-electron chi connectivity index (χ2n) is 7.30. The van der Waals surface area contributed by atoms with Crippen molar-refractivity contribution in [3.63, 3.8) is 0 Å². The van der Waals surface area contributed by atoms with Gasteiger partial charge < -0.3 is 31.9 Å². The van der Waals surface area contributed by atoms with Gasteiger partial charge in [0.25, 0.3) is 0 Å². The van der Waals surface area contributed by atoms with Crippen LogP contribution in [0.4, 0.5) is 0 Å². The number of hydrogen-bond acceptors (Lipinski definition) is 6. The molecule has 3 atom stereocenters. The molecule has 0 bridgehead atoms. The topological polar surface area (TPSA) is 175 Å². The van der Waals surface area contributed by atoms with Gasteiger partial charge in [0.2, 0.25) is 24.0 Å². The van der Waals surface area contributed by atoms with Crippen LogP contribution in [0.25, 0.3) is 0 Å². The van der Waals surface area contributed by atoms with E-state index in [0.717, 1.165) is 0 Å². The first-order valence-electron chi connectivity index (χ1n) is 9.95. The van der Waals surface area contributed by atoms with Crippen LogP contribution in [0.1, 0.15) is 38.5 Å². The summed E-state index contributed by atoms with van der Waals surface area (Å²) >= 11 is 0. The number of likely N-dealkylation sites (tertiary alicyclic amines) is 2. The molecule has 1 radical (unpaired) electrons. The van der Waals surface area contributed by atoms with E-state index in [1.54, 1.807) is 0 Å². The van der Waals surface area contributed by atoms with Crippen LogP contribution >= 0.6 is 0 Å². The van der Waals surface area contributed by atoms with E-state index in [1.807, 2.05) is 6.29 Å². The lowest BCUT2D eigenvalue weighted by Gasteiger charge is -2.29. The van der Waals surface area contributed by atoms with Crippen molar-refractivity contribution in [1.82, 2.24) is 20.4 Å². The second kappa shape index (κ2) is 10.7. The van der Waals surface area contributed by atoms with Crippen LogP contribution in [-0.4, -0.2) is 84.1 Å². The highest BCUT2D eigenvalue weighted by atomic mass is 16.2. The van der Waals surface area contributed by atoms with Gasteiger partial charge in [-0.25, -0.2) is 0 Å². The molecule has 2 rings (SSSR count). The Kier molecular flexibility index (Phi) is 8.37. The van der Waals surface area contributed by atoms with Gasteiger partial charge in [-0.05, 0) is 38.5 Å². The first-order chi connectivity index (χ1) is 13.9. The van der Waals surface area contributed by atoms with Gasteiger partial charge >= 0.3 is 0 Å². The Balaban J connectivity index is 2.06. The molecule has 0 saturated carbocycles. The third kappa shape index (κ3) is 5.89. The Morgan fingerprint density at radius 1 is 1.17 bits per heavy atom. The standard InChI is InChI=1S/C18H30N7O4/c19-10-15(27)25-9-3-6-14(25)16(28)23-13(5-1-7-22-18(20)21)17(29)24-8-2-4-12(24)11-26/h12-14H,1-10,19H2,(H,23,28)(H4,20,21,22)/t12-,13-,14-/m0/s1. The van der Waals surface area contributed by atoms with E-state index in [2.05, 4.69) is 10.6 Å². The molecule has 0 aromatic heterocycles. The molecule has 11 nitrogen and oxygen atoms in total. The summed E-state index contributed by atoms with van der Waals surface area (Å²) in [5.74, 6) is -1.20. The zero-order chi connectivity index (χ0) is 21.4. The maximum Gasteiger partial charge on any atom is 0.245 e. The quantitative estimate of drug-likeness (QED) is 0.163. The lowest BCUT2D eigenvalue weighted by atomic mass is 10.1. The van der Waals surface area contributed by atoms with Crippen molar-refractivity contribution in [2.75, 3.05) is 26.2 Å². The van der Waals surface area contributed by atoms with Gasteiger partial charge in [-0.1, -0.05) is 0 Å². The molecule has 0 unspecified atom stereocenters. The molecule has 7 N–H and O–H groups in total. The summed E-state index contributed by atoms with van der Waals surface area (Å²) in [6.45, 7) is 1.11. The smallest absolute Gasteiger partial charge is 0.245 e. The molecular formula is C18H30N7O4. The summed E-state index contributed by atoms with van der Waals surface area (Å²) in [7, 11) is 0. The molecule has 3 amide bonds. The maximum absolute atomic E-state index is 13.0. The molecule has 11 heteroatoms. The third-order valence-electron chi connectivity index (χ3n) is 5.32. The zero-order valence-electron chi connectivity index (χ0n) is 16.5. The van der Waals surface area contributed by atoms with Crippen LogP contribution in [-0.2, 0) is 19.2 Å². The van der Waals surface area contributed by atoms with Gasteiger partial charge in [-0.15, -0.1) is 0 Å². The molecule has 2 aliphatic heterocycles. The number of nitrogens with two attached hydrogens (primary N) is 2. The summed E-state index contributed by atoms with van der Waals surface area (Å²) < 4.78 is 0. The monoisotopic (exact) mass is 408 g/mol. The van der Waals surface area contributed by atoms with Crippen LogP contribution in [0.3, 0.4) is 0 Å². The largest absolute Gasteiger partial charge is 0.370 e. The molecule has 2 saturated heterocycles. The number of hydrogen-bond donors (Lipinski definition) is 5. The number of carbonyl (C=O) groups is 3. The average Bonchev–Trinajstić information content (AvgIpc) is 3.38. The number of carbonyl (C=O) groups excluding carboxylic acids is 4. The minimum absolute atomic E-state index is 0.172. The van der Waals surface area contributed by atoms with Crippen molar-refractivity contribution in [3.05, 3.63) is 0 Å². The lowest BCUT2D eigenvalue weighted by Crippen LogP contribution is -2.55. The Labute approximate surface area is 170 Å². The molecule has 2 fully saturated rings. The summed E-state index contributed by atoms with van der Waals surface area (Å²) in [4.78, 5) is 51.9. The first kappa shape index (κ1) is 22.6. The summed E-state index contributed by atoms with van der Waals surface area (Å²) in [5, 5.41) is 12.6. The van der Waals surface area contributed by atoms with Crippen LogP contribution in [0.5, 0.6) is 0 Å². The van der Waals surface area contributed by atoms with Crippen molar-refractivity contribution in [3.8, 4) is 0 Å². The Morgan fingerprint density at radius 3 is 2.52 bits per heavy atom. The Bertz CT molecular complexity index is 642. The van der Waals surface area contributed by atoms with Crippen LogP contribution in [0, 0.1) is 5.41 Å². The SMILES string of the molecule is N=C(N)NCCC[C@H](NC(=O)[C@@H]1CCCN1C(=O)CN)C(=O)N1CCC[C@H]1[C]=O. The van der Waals surface area contributed by atoms with Crippen LogP contribution in [0.2, 0.25) is 0 Å². The molecule has 0 spiro atoms. The number of guanidine groups is 1. The first-order valence-corrected chi connectivity index (χ1v) is 9.95. The summed E-state index contributed by atoms with van der Waals surface area (Å²) in [6, 6.07) is -2.08. The molecule has 29 heavy (non-hydrogen) atoms. The molecule has 161 valence electrons. The minimum Gasteiger partial charge on any atom is -0.370 e. The van der Waals surface area contributed by atoms with Gasteiger partial charge in [-0.2, -0.15) is 0 Å². The fourth-order valence-corrected chi connectivity index (χ4v) is 3.86. The molecule has 0 aromatic carbocycles. The Hall–Kier alpha value is -2.69. The molecule has 2 aliphatic rings. The van der Waals surface area contributed by atoms with E-state index in [1.165, 1.54) is 9.80 Å². The number of nitrogens with one attached hydrogen (secondary N) is 3. The predicted molar refractivity (Wildman–Crippen MR) is 105 cm³/mol. The third-order valence-corrected chi connectivity index (χ3v) is 5.32. The highest BCUT2D eigenvalue weighted by Gasteiger charge is 2.38. The van der Waals surface area contributed by atoms with E-state index >= 15 is 0 Å². The van der Waals surface area contributed by atoms with E-state index in [-0.39, 0.29) is 24.3 Å². The van der Waals surface area contributed by atoms with E-state index in [9.17, 15) is 19.2 Å². The summed E-state index contributed by atoms with van der Waals surface area (Å²) in [6.07, 6.45) is 5.15. The van der Waals surface area contributed by atoms with Crippen molar-refractivity contribution in [1.29, 1.82) is 5.41 Å². The second-order valence-corrected chi connectivity index (χ2v) is 7.30.